The number of nitrogens with one attached hydrogen (secondary N) is 1. The van der Waals surface area contributed by atoms with Gasteiger partial charge < -0.3 is 4.74 Å². The molecular weight excluding hydrogens is 328 g/mol. The van der Waals surface area contributed by atoms with Gasteiger partial charge in [0, 0.05) is 10.0 Å². The molecule has 2 rings (SSSR count). The summed E-state index contributed by atoms with van der Waals surface area (Å²) in [5.41, 5.74) is 6.30. The fourth-order valence-corrected chi connectivity index (χ4v) is 2.85. The molecule has 21 heavy (non-hydrogen) atoms. The summed E-state index contributed by atoms with van der Waals surface area (Å²) in [5.74, 6) is 6.70. The van der Waals surface area contributed by atoms with Crippen LogP contribution in [0, 0.1) is 6.92 Å². The predicted octanol–water partition coefficient (Wildman–Crippen LogP) is 4.10. The Kier molecular flexibility index (Phi) is 5.79. The summed E-state index contributed by atoms with van der Waals surface area (Å²) in [6.07, 6.45) is 0.979. The maximum Gasteiger partial charge on any atom is 0.124 e. The molecule has 4 heteroatoms. The Morgan fingerprint density at radius 3 is 2.62 bits per heavy atom. The zero-order valence-electron chi connectivity index (χ0n) is 12.4. The van der Waals surface area contributed by atoms with Crippen LogP contribution >= 0.6 is 15.9 Å². The van der Waals surface area contributed by atoms with Crippen LogP contribution in [0.1, 0.15) is 36.1 Å². The number of para-hydroxylation sites is 1. The van der Waals surface area contributed by atoms with Crippen LogP contribution in [0.3, 0.4) is 0 Å². The third-order valence-electron chi connectivity index (χ3n) is 3.40. The van der Waals surface area contributed by atoms with E-state index in [9.17, 15) is 0 Å². The molecule has 0 aliphatic rings. The summed E-state index contributed by atoms with van der Waals surface area (Å²) in [4.78, 5) is 0. The highest BCUT2D eigenvalue weighted by Crippen LogP contribution is 2.32. The highest BCUT2D eigenvalue weighted by atomic mass is 79.9. The smallest absolute Gasteiger partial charge is 0.124 e. The second-order valence-corrected chi connectivity index (χ2v) is 5.90. The van der Waals surface area contributed by atoms with Crippen molar-refractivity contribution in [2.24, 2.45) is 5.84 Å². The van der Waals surface area contributed by atoms with E-state index >= 15 is 0 Å². The van der Waals surface area contributed by atoms with E-state index in [-0.39, 0.29) is 6.04 Å². The Morgan fingerprint density at radius 1 is 1.19 bits per heavy atom. The van der Waals surface area contributed by atoms with Gasteiger partial charge in [-0.2, -0.15) is 0 Å². The fraction of sp³-hybridized carbons (Fsp3) is 0.294. The first-order valence-electron chi connectivity index (χ1n) is 7.11. The zero-order chi connectivity index (χ0) is 15.2. The van der Waals surface area contributed by atoms with E-state index in [4.69, 9.17) is 10.6 Å². The average molecular weight is 349 g/mol. The monoisotopic (exact) mass is 348 g/mol. The van der Waals surface area contributed by atoms with E-state index in [1.807, 2.05) is 24.3 Å². The van der Waals surface area contributed by atoms with Crippen molar-refractivity contribution >= 4 is 15.9 Å². The van der Waals surface area contributed by atoms with Crippen molar-refractivity contribution in [2.75, 3.05) is 6.61 Å². The minimum Gasteiger partial charge on any atom is -0.493 e. The van der Waals surface area contributed by atoms with Gasteiger partial charge in [-0.1, -0.05) is 47.1 Å². The van der Waals surface area contributed by atoms with E-state index in [0.717, 1.165) is 27.8 Å². The molecule has 0 saturated heterocycles. The number of benzene rings is 2. The second-order valence-electron chi connectivity index (χ2n) is 4.99. The minimum atomic E-state index is -0.0915. The molecule has 0 bridgehead atoms. The van der Waals surface area contributed by atoms with Crippen LogP contribution in [-0.4, -0.2) is 6.61 Å². The lowest BCUT2D eigenvalue weighted by Crippen LogP contribution is -2.29. The lowest BCUT2D eigenvalue weighted by atomic mass is 9.95. The molecule has 0 aliphatic heterocycles. The van der Waals surface area contributed by atoms with Crippen LogP contribution < -0.4 is 16.0 Å². The molecule has 3 N–H and O–H groups in total. The molecule has 3 nitrogen and oxygen atoms in total. The topological polar surface area (TPSA) is 47.3 Å². The number of hydrogen-bond donors (Lipinski definition) is 2. The standard InChI is InChI=1S/C17H21BrN2O/c1-3-10-21-16-7-5-4-6-15(16)17(20-19)14-9-8-13(18)11-12(14)2/h4-9,11,17,20H,3,10,19H2,1-2H3. The van der Waals surface area contributed by atoms with Gasteiger partial charge in [0.2, 0.25) is 0 Å². The van der Waals surface area contributed by atoms with Crippen molar-refractivity contribution in [3.05, 3.63) is 63.6 Å². The molecule has 0 saturated carbocycles. The van der Waals surface area contributed by atoms with Gasteiger partial charge in [0.1, 0.15) is 5.75 Å². The highest BCUT2D eigenvalue weighted by molar-refractivity contribution is 9.10. The Bertz CT molecular complexity index is 601. The van der Waals surface area contributed by atoms with Gasteiger partial charge >= 0.3 is 0 Å². The molecule has 112 valence electrons. The Balaban J connectivity index is 2.41. The molecule has 0 radical (unpaired) electrons. The first-order valence-corrected chi connectivity index (χ1v) is 7.90. The van der Waals surface area contributed by atoms with Crippen LogP contribution in [-0.2, 0) is 0 Å². The van der Waals surface area contributed by atoms with Crippen molar-refractivity contribution in [1.29, 1.82) is 0 Å². The van der Waals surface area contributed by atoms with Crippen LogP contribution in [0.25, 0.3) is 0 Å². The third-order valence-corrected chi connectivity index (χ3v) is 3.89. The molecule has 1 atom stereocenters. The number of hydrazine groups is 1. The van der Waals surface area contributed by atoms with Crippen molar-refractivity contribution < 1.29 is 4.74 Å². The normalized spacial score (nSPS) is 12.2. The van der Waals surface area contributed by atoms with E-state index < -0.39 is 0 Å². The molecule has 0 amide bonds. The molecule has 0 heterocycles. The lowest BCUT2D eigenvalue weighted by Gasteiger charge is -2.22. The third kappa shape index (κ3) is 3.84. The second kappa shape index (κ2) is 7.59. The van der Waals surface area contributed by atoms with Gasteiger partial charge in [-0.15, -0.1) is 0 Å². The van der Waals surface area contributed by atoms with Gasteiger partial charge in [0.05, 0.1) is 12.6 Å². The molecular formula is C17H21BrN2O. The number of aryl methyl sites for hydroxylation is 1. The van der Waals surface area contributed by atoms with Crippen LogP contribution in [0.4, 0.5) is 0 Å². The predicted molar refractivity (Wildman–Crippen MR) is 90.3 cm³/mol. The number of rotatable bonds is 6. The Morgan fingerprint density at radius 2 is 1.95 bits per heavy atom. The summed E-state index contributed by atoms with van der Waals surface area (Å²) in [5, 5.41) is 0. The quantitative estimate of drug-likeness (QED) is 0.610. The van der Waals surface area contributed by atoms with Gasteiger partial charge in [0.15, 0.2) is 0 Å². The fourth-order valence-electron chi connectivity index (χ4n) is 2.37. The van der Waals surface area contributed by atoms with Gasteiger partial charge in [-0.3, -0.25) is 5.84 Å². The molecule has 2 aromatic carbocycles. The van der Waals surface area contributed by atoms with Crippen LogP contribution in [0.15, 0.2) is 46.9 Å². The summed E-state index contributed by atoms with van der Waals surface area (Å²) in [6.45, 7) is 4.88. The molecule has 0 fully saturated rings. The number of ether oxygens (including phenoxy) is 1. The van der Waals surface area contributed by atoms with Gasteiger partial charge in [0.25, 0.3) is 0 Å². The van der Waals surface area contributed by atoms with E-state index in [1.54, 1.807) is 0 Å². The summed E-state index contributed by atoms with van der Waals surface area (Å²) in [7, 11) is 0. The Labute approximate surface area is 134 Å². The maximum absolute atomic E-state index is 5.85. The minimum absolute atomic E-state index is 0.0915. The van der Waals surface area contributed by atoms with E-state index in [0.29, 0.717) is 6.61 Å². The van der Waals surface area contributed by atoms with Gasteiger partial charge in [-0.25, -0.2) is 5.43 Å². The molecule has 0 spiro atoms. The molecule has 2 aromatic rings. The molecule has 0 aromatic heterocycles. The first-order chi connectivity index (χ1) is 10.2. The van der Waals surface area contributed by atoms with Crippen LogP contribution in [0.2, 0.25) is 0 Å². The largest absolute Gasteiger partial charge is 0.493 e. The van der Waals surface area contributed by atoms with E-state index in [2.05, 4.69) is 53.4 Å². The van der Waals surface area contributed by atoms with Crippen molar-refractivity contribution in [3.8, 4) is 5.75 Å². The average Bonchev–Trinajstić information content (AvgIpc) is 2.49. The molecule has 1 unspecified atom stereocenters. The zero-order valence-corrected chi connectivity index (χ0v) is 14.0. The number of nitrogens with two attached hydrogens (primary N) is 1. The van der Waals surface area contributed by atoms with Crippen molar-refractivity contribution in [3.63, 3.8) is 0 Å². The maximum atomic E-state index is 5.85. The summed E-state index contributed by atoms with van der Waals surface area (Å²) < 4.78 is 6.91. The summed E-state index contributed by atoms with van der Waals surface area (Å²) >= 11 is 3.50. The van der Waals surface area contributed by atoms with Crippen molar-refractivity contribution in [2.45, 2.75) is 26.3 Å². The lowest BCUT2D eigenvalue weighted by molar-refractivity contribution is 0.311. The molecule has 0 aliphatic carbocycles. The summed E-state index contributed by atoms with van der Waals surface area (Å²) in [6, 6.07) is 14.1. The van der Waals surface area contributed by atoms with Crippen LogP contribution in [0.5, 0.6) is 5.75 Å². The first kappa shape index (κ1) is 16.0. The Hall–Kier alpha value is -1.36. The number of halogens is 1. The van der Waals surface area contributed by atoms with Crippen molar-refractivity contribution in [1.82, 2.24) is 5.43 Å². The number of hydrogen-bond acceptors (Lipinski definition) is 3. The van der Waals surface area contributed by atoms with E-state index in [1.165, 1.54) is 5.56 Å². The highest BCUT2D eigenvalue weighted by Gasteiger charge is 2.18. The van der Waals surface area contributed by atoms with Gasteiger partial charge in [-0.05, 0) is 42.7 Å². The SMILES string of the molecule is CCCOc1ccccc1C(NN)c1ccc(Br)cc1C.